The predicted octanol–water partition coefficient (Wildman–Crippen LogP) is 1.36. The SMILES string of the molecule is CCOC(=O)C1=c2sc(=Cc3ccc4c(c3)OCO4)c(=O)n2C(N)=C(C#N)[C@H]1c1ccc2c(c1)OCO2. The molecule has 6 rings (SSSR count). The van der Waals surface area contributed by atoms with Gasteiger partial charge in [-0.3, -0.25) is 9.36 Å². The Kier molecular flexibility index (Phi) is 5.39. The van der Waals surface area contributed by atoms with Crippen LogP contribution in [-0.4, -0.2) is 30.7 Å². The maximum absolute atomic E-state index is 13.5. The van der Waals surface area contributed by atoms with Crippen LogP contribution in [0.3, 0.4) is 0 Å². The highest BCUT2D eigenvalue weighted by atomic mass is 32.1. The van der Waals surface area contributed by atoms with Crippen LogP contribution in [0.2, 0.25) is 0 Å². The summed E-state index contributed by atoms with van der Waals surface area (Å²) in [6, 6.07) is 12.6. The van der Waals surface area contributed by atoms with Crippen LogP contribution in [-0.2, 0) is 9.53 Å². The molecule has 3 aromatic rings. The maximum Gasteiger partial charge on any atom is 0.338 e. The maximum atomic E-state index is 13.5. The Bertz CT molecular complexity index is 1730. The van der Waals surface area contributed by atoms with E-state index in [4.69, 9.17) is 29.4 Å². The molecule has 0 unspecified atom stereocenters. The quantitative estimate of drug-likeness (QED) is 0.509. The van der Waals surface area contributed by atoms with Crippen molar-refractivity contribution in [1.82, 2.24) is 4.57 Å². The van der Waals surface area contributed by atoms with E-state index in [0.717, 1.165) is 11.3 Å². The molecule has 0 amide bonds. The Labute approximate surface area is 213 Å². The second-order valence-electron chi connectivity index (χ2n) is 8.26. The van der Waals surface area contributed by atoms with Gasteiger partial charge in [0.25, 0.3) is 5.56 Å². The first-order valence-electron chi connectivity index (χ1n) is 11.3. The summed E-state index contributed by atoms with van der Waals surface area (Å²) in [5.41, 5.74) is 7.46. The number of esters is 1. The molecule has 1 aromatic heterocycles. The van der Waals surface area contributed by atoms with Gasteiger partial charge in [-0.05, 0) is 48.4 Å². The van der Waals surface area contributed by atoms with E-state index in [1.165, 1.54) is 4.57 Å². The molecule has 0 spiro atoms. The highest BCUT2D eigenvalue weighted by Gasteiger charge is 2.37. The lowest BCUT2D eigenvalue weighted by Crippen LogP contribution is -2.40. The molecule has 1 atom stereocenters. The number of ether oxygens (including phenoxy) is 5. The first kappa shape index (κ1) is 22.8. The van der Waals surface area contributed by atoms with Gasteiger partial charge in [-0.25, -0.2) is 4.79 Å². The van der Waals surface area contributed by atoms with E-state index < -0.39 is 17.4 Å². The Morgan fingerprint density at radius 1 is 1.14 bits per heavy atom. The standard InChI is InChI=1S/C26H19N3O7S/c1-2-32-26(31)22-21(14-4-6-17-19(9-14)36-12-34-17)15(10-27)23(28)29-24(30)20(37-25(22)29)8-13-3-5-16-18(7-13)35-11-33-16/h3-9,21H,2,11-12,28H2,1H3/t21-/m1/s1. The summed E-state index contributed by atoms with van der Waals surface area (Å²) in [4.78, 5) is 26.8. The van der Waals surface area contributed by atoms with Gasteiger partial charge in [0.05, 0.1) is 34.3 Å². The van der Waals surface area contributed by atoms with Gasteiger partial charge in [0.2, 0.25) is 13.6 Å². The number of rotatable bonds is 4. The molecular formula is C26H19N3O7S. The van der Waals surface area contributed by atoms with Crippen molar-refractivity contribution in [2.75, 3.05) is 20.2 Å². The third-order valence-corrected chi connectivity index (χ3v) is 7.30. The number of hydrogen-bond donors (Lipinski definition) is 1. The van der Waals surface area contributed by atoms with E-state index in [1.54, 1.807) is 49.4 Å². The molecule has 0 radical (unpaired) electrons. The van der Waals surface area contributed by atoms with Gasteiger partial charge < -0.3 is 29.4 Å². The van der Waals surface area contributed by atoms with Gasteiger partial charge in [-0.2, -0.15) is 5.26 Å². The van der Waals surface area contributed by atoms with Gasteiger partial charge >= 0.3 is 5.97 Å². The number of benzene rings is 2. The summed E-state index contributed by atoms with van der Waals surface area (Å²) >= 11 is 1.10. The smallest absolute Gasteiger partial charge is 0.338 e. The number of allylic oxidation sites excluding steroid dienone is 1. The fourth-order valence-electron chi connectivity index (χ4n) is 4.53. The van der Waals surface area contributed by atoms with Crippen molar-refractivity contribution >= 4 is 34.8 Å². The number of nitrogens with two attached hydrogens (primary N) is 1. The molecular weight excluding hydrogens is 498 g/mol. The number of carbonyl (C=O) groups is 1. The van der Waals surface area contributed by atoms with Crippen molar-refractivity contribution < 1.29 is 28.5 Å². The molecule has 0 bridgehead atoms. The van der Waals surface area contributed by atoms with Crippen molar-refractivity contribution in [2.45, 2.75) is 12.8 Å². The topological polar surface area (TPSA) is 135 Å². The number of thiazole rings is 1. The summed E-state index contributed by atoms with van der Waals surface area (Å²) in [5.74, 6) is 0.686. The van der Waals surface area contributed by atoms with E-state index in [9.17, 15) is 14.9 Å². The number of hydrogen-bond acceptors (Lipinski definition) is 10. The van der Waals surface area contributed by atoms with E-state index in [-0.39, 0.29) is 37.2 Å². The summed E-state index contributed by atoms with van der Waals surface area (Å²) < 4.78 is 28.9. The molecule has 0 saturated carbocycles. The highest BCUT2D eigenvalue weighted by molar-refractivity contribution is 7.07. The fourth-order valence-corrected chi connectivity index (χ4v) is 5.70. The molecule has 186 valence electrons. The zero-order valence-electron chi connectivity index (χ0n) is 19.5. The minimum absolute atomic E-state index is 0.0419. The molecule has 0 saturated heterocycles. The van der Waals surface area contributed by atoms with E-state index >= 15 is 0 Å². The van der Waals surface area contributed by atoms with Crippen molar-refractivity contribution in [3.05, 3.63) is 72.6 Å². The fraction of sp³-hybridized carbons (Fsp3) is 0.192. The number of aromatic nitrogens is 1. The van der Waals surface area contributed by atoms with Crippen LogP contribution in [0, 0.1) is 11.3 Å². The summed E-state index contributed by atoms with van der Waals surface area (Å²) in [6.07, 6.45) is 1.68. The Morgan fingerprint density at radius 2 is 1.81 bits per heavy atom. The van der Waals surface area contributed by atoms with Gasteiger partial charge in [-0.15, -0.1) is 11.3 Å². The average Bonchev–Trinajstić information content (AvgIpc) is 3.62. The van der Waals surface area contributed by atoms with E-state index in [0.29, 0.717) is 43.3 Å². The molecule has 3 aliphatic rings. The Morgan fingerprint density at radius 3 is 2.51 bits per heavy atom. The lowest BCUT2D eigenvalue weighted by atomic mass is 9.83. The predicted molar refractivity (Wildman–Crippen MR) is 132 cm³/mol. The van der Waals surface area contributed by atoms with Crippen molar-refractivity contribution in [3.63, 3.8) is 0 Å². The second kappa shape index (κ2) is 8.76. The summed E-state index contributed by atoms with van der Waals surface area (Å²) in [7, 11) is 0. The molecule has 10 nitrogen and oxygen atoms in total. The van der Waals surface area contributed by atoms with E-state index in [2.05, 4.69) is 6.07 Å². The van der Waals surface area contributed by atoms with Gasteiger partial charge in [0, 0.05) is 0 Å². The highest BCUT2D eigenvalue weighted by Crippen LogP contribution is 2.41. The zero-order chi connectivity index (χ0) is 25.7. The normalized spacial score (nSPS) is 17.6. The van der Waals surface area contributed by atoms with E-state index in [1.807, 2.05) is 0 Å². The minimum atomic E-state index is -0.866. The largest absolute Gasteiger partial charge is 0.463 e. The average molecular weight is 518 g/mol. The molecule has 11 heteroatoms. The molecule has 2 aromatic carbocycles. The summed E-state index contributed by atoms with van der Waals surface area (Å²) in [5, 5.41) is 10.1. The van der Waals surface area contributed by atoms with Crippen LogP contribution in [0.15, 0.2) is 46.8 Å². The third kappa shape index (κ3) is 3.61. The molecule has 37 heavy (non-hydrogen) atoms. The van der Waals surface area contributed by atoms with Crippen LogP contribution < -0.4 is 39.4 Å². The van der Waals surface area contributed by atoms with Crippen LogP contribution in [0.25, 0.3) is 17.5 Å². The van der Waals surface area contributed by atoms with Gasteiger partial charge in [-0.1, -0.05) is 12.1 Å². The number of nitriles is 1. The Hall–Kier alpha value is -4.69. The monoisotopic (exact) mass is 517 g/mol. The molecule has 0 fully saturated rings. The van der Waals surface area contributed by atoms with Gasteiger partial charge in [0.1, 0.15) is 10.5 Å². The summed E-state index contributed by atoms with van der Waals surface area (Å²) in [6.45, 7) is 2.01. The number of fused-ring (bicyclic) bond motifs is 3. The van der Waals surface area contributed by atoms with Crippen LogP contribution >= 0.6 is 11.3 Å². The first-order chi connectivity index (χ1) is 18.0. The lowest BCUT2D eigenvalue weighted by Gasteiger charge is -2.24. The molecule has 4 heterocycles. The zero-order valence-corrected chi connectivity index (χ0v) is 20.3. The van der Waals surface area contributed by atoms with Gasteiger partial charge in [0.15, 0.2) is 23.0 Å². The second-order valence-corrected chi connectivity index (χ2v) is 9.29. The number of carbonyl (C=O) groups excluding carboxylic acids is 1. The van der Waals surface area contributed by atoms with Crippen molar-refractivity contribution in [1.29, 1.82) is 5.26 Å². The van der Waals surface area contributed by atoms with Crippen molar-refractivity contribution in [3.8, 4) is 29.1 Å². The Balaban J connectivity index is 1.61. The van der Waals surface area contributed by atoms with Crippen LogP contribution in [0.4, 0.5) is 0 Å². The third-order valence-electron chi connectivity index (χ3n) is 6.19. The molecule has 0 aliphatic carbocycles. The molecule has 3 aliphatic heterocycles. The first-order valence-corrected chi connectivity index (χ1v) is 12.2. The van der Waals surface area contributed by atoms with Crippen LogP contribution in [0.1, 0.15) is 24.0 Å². The number of nitrogens with zero attached hydrogens (tertiary/aromatic N) is 2. The minimum Gasteiger partial charge on any atom is -0.463 e. The molecule has 2 N–H and O–H groups in total. The van der Waals surface area contributed by atoms with Crippen molar-refractivity contribution in [2.24, 2.45) is 5.73 Å². The lowest BCUT2D eigenvalue weighted by molar-refractivity contribution is -0.136. The van der Waals surface area contributed by atoms with Crippen LogP contribution in [0.5, 0.6) is 23.0 Å².